The van der Waals surface area contributed by atoms with Gasteiger partial charge in [-0.2, -0.15) is 0 Å². The van der Waals surface area contributed by atoms with Crippen LogP contribution in [0.15, 0.2) is 24.2 Å². The van der Waals surface area contributed by atoms with Gasteiger partial charge in [0.25, 0.3) is 0 Å². The molecule has 0 unspecified atom stereocenters. The van der Waals surface area contributed by atoms with E-state index >= 15 is 0 Å². The van der Waals surface area contributed by atoms with Crippen molar-refractivity contribution in [2.45, 2.75) is 26.4 Å². The Morgan fingerprint density at radius 1 is 1.38 bits per heavy atom. The number of H-pyrrole nitrogens is 1. The predicted molar refractivity (Wildman–Crippen MR) is 79.7 cm³/mol. The number of carbonyl (C=O) groups excluding carboxylic acids is 1. The van der Waals surface area contributed by atoms with Crippen molar-refractivity contribution >= 4 is 23.2 Å². The molecule has 0 radical (unpaired) electrons. The highest BCUT2D eigenvalue weighted by molar-refractivity contribution is 5.84. The van der Waals surface area contributed by atoms with Crippen LogP contribution in [0.5, 0.6) is 0 Å². The van der Waals surface area contributed by atoms with Crippen LogP contribution in [0, 0.1) is 0 Å². The standard InChI is InChI=1S/C15H18N4O2/c1-15(2,3)21-14(20)19-7-10(8-19)6-12-11-4-5-16-13(11)18-9-17-12/h4-6,9H,7-8H2,1-3H3,(H,16,17,18). The fraction of sp³-hybridized carbons (Fsp3) is 0.400. The third-order valence-corrected chi connectivity index (χ3v) is 3.17. The lowest BCUT2D eigenvalue weighted by Crippen LogP contribution is -2.46. The zero-order valence-corrected chi connectivity index (χ0v) is 12.4. The number of carbonyl (C=O) groups is 1. The minimum Gasteiger partial charge on any atom is -0.444 e. The lowest BCUT2D eigenvalue weighted by Gasteiger charge is -2.35. The van der Waals surface area contributed by atoms with E-state index in [1.165, 1.54) is 6.33 Å². The number of aromatic nitrogens is 3. The van der Waals surface area contributed by atoms with E-state index in [1.54, 1.807) is 4.90 Å². The average molecular weight is 286 g/mol. The van der Waals surface area contributed by atoms with E-state index in [4.69, 9.17) is 4.74 Å². The number of aromatic amines is 1. The highest BCUT2D eigenvalue weighted by atomic mass is 16.6. The van der Waals surface area contributed by atoms with E-state index in [0.29, 0.717) is 13.1 Å². The van der Waals surface area contributed by atoms with Crippen molar-refractivity contribution in [2.75, 3.05) is 13.1 Å². The van der Waals surface area contributed by atoms with Crippen molar-refractivity contribution in [3.63, 3.8) is 0 Å². The van der Waals surface area contributed by atoms with Crippen molar-refractivity contribution in [3.05, 3.63) is 29.9 Å². The molecule has 1 amide bonds. The van der Waals surface area contributed by atoms with Gasteiger partial charge in [0.05, 0.1) is 5.69 Å². The Kier molecular flexibility index (Phi) is 3.16. The molecule has 3 rings (SSSR count). The van der Waals surface area contributed by atoms with Crippen molar-refractivity contribution in [1.82, 2.24) is 19.9 Å². The number of ether oxygens (including phenoxy) is 1. The summed E-state index contributed by atoms with van der Waals surface area (Å²) in [5.41, 5.74) is 2.39. The monoisotopic (exact) mass is 286 g/mol. The zero-order chi connectivity index (χ0) is 15.0. The molecule has 110 valence electrons. The second-order valence-corrected chi connectivity index (χ2v) is 6.14. The molecule has 21 heavy (non-hydrogen) atoms. The van der Waals surface area contributed by atoms with Gasteiger partial charge in [-0.3, -0.25) is 0 Å². The first-order valence-electron chi connectivity index (χ1n) is 6.88. The van der Waals surface area contributed by atoms with Gasteiger partial charge in [-0.15, -0.1) is 0 Å². The van der Waals surface area contributed by atoms with Gasteiger partial charge in [-0.1, -0.05) is 0 Å². The zero-order valence-electron chi connectivity index (χ0n) is 12.4. The predicted octanol–water partition coefficient (Wildman–Crippen LogP) is 2.59. The van der Waals surface area contributed by atoms with Crippen LogP contribution >= 0.6 is 0 Å². The number of fused-ring (bicyclic) bond motifs is 1. The molecule has 1 aliphatic rings. The number of nitrogens with zero attached hydrogens (tertiary/aromatic N) is 3. The minimum absolute atomic E-state index is 0.269. The lowest BCUT2D eigenvalue weighted by molar-refractivity contribution is 0.0216. The van der Waals surface area contributed by atoms with Crippen molar-refractivity contribution in [3.8, 4) is 0 Å². The second-order valence-electron chi connectivity index (χ2n) is 6.14. The molecule has 1 fully saturated rings. The summed E-state index contributed by atoms with van der Waals surface area (Å²) in [7, 11) is 0. The summed E-state index contributed by atoms with van der Waals surface area (Å²) < 4.78 is 5.33. The van der Waals surface area contributed by atoms with E-state index in [-0.39, 0.29) is 6.09 Å². The maximum absolute atomic E-state index is 11.9. The molecular formula is C15H18N4O2. The van der Waals surface area contributed by atoms with E-state index in [1.807, 2.05) is 39.1 Å². The first kappa shape index (κ1) is 13.6. The molecule has 1 aliphatic heterocycles. The molecule has 2 aromatic rings. The summed E-state index contributed by atoms with van der Waals surface area (Å²) in [4.78, 5) is 25.0. The third-order valence-electron chi connectivity index (χ3n) is 3.17. The van der Waals surface area contributed by atoms with Crippen molar-refractivity contribution in [2.24, 2.45) is 0 Å². The Morgan fingerprint density at radius 2 is 2.14 bits per heavy atom. The maximum atomic E-state index is 11.9. The Labute approximate surface area is 122 Å². The van der Waals surface area contributed by atoms with Crippen LogP contribution in [-0.4, -0.2) is 44.6 Å². The summed E-state index contributed by atoms with van der Waals surface area (Å²) in [5.74, 6) is 0. The molecule has 0 saturated carbocycles. The summed E-state index contributed by atoms with van der Waals surface area (Å²) in [6.45, 7) is 6.77. The molecule has 3 heterocycles. The van der Waals surface area contributed by atoms with E-state index in [9.17, 15) is 4.79 Å². The first-order valence-corrected chi connectivity index (χ1v) is 6.88. The number of hydrogen-bond donors (Lipinski definition) is 1. The lowest BCUT2D eigenvalue weighted by atomic mass is 10.1. The molecule has 0 aliphatic carbocycles. The van der Waals surface area contributed by atoms with Gasteiger partial charge < -0.3 is 14.6 Å². The fourth-order valence-corrected chi connectivity index (χ4v) is 2.19. The molecule has 0 atom stereocenters. The molecule has 0 spiro atoms. The highest BCUT2D eigenvalue weighted by Gasteiger charge is 2.29. The van der Waals surface area contributed by atoms with Crippen molar-refractivity contribution < 1.29 is 9.53 Å². The molecule has 2 aromatic heterocycles. The smallest absolute Gasteiger partial charge is 0.410 e. The molecule has 1 saturated heterocycles. The highest BCUT2D eigenvalue weighted by Crippen LogP contribution is 2.22. The van der Waals surface area contributed by atoms with Crippen LogP contribution in [-0.2, 0) is 4.74 Å². The van der Waals surface area contributed by atoms with Gasteiger partial charge in [0.1, 0.15) is 17.6 Å². The van der Waals surface area contributed by atoms with Crippen LogP contribution < -0.4 is 0 Å². The molecule has 1 N–H and O–H groups in total. The van der Waals surface area contributed by atoms with Gasteiger partial charge >= 0.3 is 6.09 Å². The SMILES string of the molecule is CC(C)(C)OC(=O)N1CC(=Cc2ncnc3[nH]ccc23)C1. The third kappa shape index (κ3) is 2.89. The van der Waals surface area contributed by atoms with Gasteiger partial charge in [0, 0.05) is 24.7 Å². The summed E-state index contributed by atoms with van der Waals surface area (Å²) in [5, 5.41) is 0.987. The minimum atomic E-state index is -0.458. The quantitative estimate of drug-likeness (QED) is 0.874. The van der Waals surface area contributed by atoms with E-state index in [2.05, 4.69) is 15.0 Å². The largest absolute Gasteiger partial charge is 0.444 e. The number of amides is 1. The van der Waals surface area contributed by atoms with Gasteiger partial charge in [0.2, 0.25) is 0 Å². The van der Waals surface area contributed by atoms with Crippen LogP contribution in [0.25, 0.3) is 17.1 Å². The van der Waals surface area contributed by atoms with Crippen LogP contribution in [0.1, 0.15) is 26.5 Å². The number of nitrogens with one attached hydrogen (secondary N) is 1. The Balaban J connectivity index is 1.69. The molecular weight excluding hydrogens is 268 g/mol. The fourth-order valence-electron chi connectivity index (χ4n) is 2.19. The number of rotatable bonds is 1. The van der Waals surface area contributed by atoms with Crippen LogP contribution in [0.4, 0.5) is 4.79 Å². The molecule has 6 nitrogen and oxygen atoms in total. The van der Waals surface area contributed by atoms with Crippen LogP contribution in [0.2, 0.25) is 0 Å². The summed E-state index contributed by atoms with van der Waals surface area (Å²) in [6, 6.07) is 1.95. The first-order chi connectivity index (χ1) is 9.92. The normalized spacial score (nSPS) is 15.0. The number of hydrogen-bond acceptors (Lipinski definition) is 4. The molecule has 0 aromatic carbocycles. The van der Waals surface area contributed by atoms with Gasteiger partial charge in [0.15, 0.2) is 0 Å². The Morgan fingerprint density at radius 3 is 2.86 bits per heavy atom. The van der Waals surface area contributed by atoms with Crippen LogP contribution in [0.3, 0.4) is 0 Å². The van der Waals surface area contributed by atoms with E-state index < -0.39 is 5.60 Å². The second kappa shape index (κ2) is 4.87. The molecule has 0 bridgehead atoms. The van der Waals surface area contributed by atoms with Gasteiger partial charge in [-0.05, 0) is 38.5 Å². The summed E-state index contributed by atoms with van der Waals surface area (Å²) in [6.07, 6.45) is 5.12. The Bertz CT molecular complexity index is 704. The summed E-state index contributed by atoms with van der Waals surface area (Å²) >= 11 is 0. The number of likely N-dealkylation sites (tertiary alicyclic amines) is 1. The average Bonchev–Trinajstić information content (AvgIpc) is 2.79. The Hall–Kier alpha value is -2.37. The molecule has 6 heteroatoms. The van der Waals surface area contributed by atoms with Crippen molar-refractivity contribution in [1.29, 1.82) is 0 Å². The topological polar surface area (TPSA) is 71.1 Å². The van der Waals surface area contributed by atoms with Gasteiger partial charge in [-0.25, -0.2) is 14.8 Å². The maximum Gasteiger partial charge on any atom is 0.410 e. The van der Waals surface area contributed by atoms with E-state index in [0.717, 1.165) is 22.3 Å².